The lowest BCUT2D eigenvalue weighted by Gasteiger charge is -2.39. The number of rotatable bonds is 13. The molecule has 0 spiro atoms. The van der Waals surface area contributed by atoms with Crippen molar-refractivity contribution in [2.75, 3.05) is 0 Å². The first-order valence-electron chi connectivity index (χ1n) is 16.6. The van der Waals surface area contributed by atoms with Crippen LogP contribution in [0.3, 0.4) is 0 Å². The van der Waals surface area contributed by atoms with E-state index in [1.54, 1.807) is 13.0 Å². The maximum absolute atomic E-state index is 13.1. The van der Waals surface area contributed by atoms with Crippen molar-refractivity contribution in [1.82, 2.24) is 0 Å². The molecular formula is C37H54F6O3Si2. The van der Waals surface area contributed by atoms with Crippen molar-refractivity contribution in [3.63, 3.8) is 0 Å². The number of aliphatic hydroxyl groups is 1. The molecule has 2 aromatic rings. The first-order valence-corrected chi connectivity index (χ1v) is 22.1. The van der Waals surface area contributed by atoms with Crippen LogP contribution in [0, 0.1) is 10.8 Å². The zero-order valence-corrected chi connectivity index (χ0v) is 32.5. The van der Waals surface area contributed by atoms with E-state index in [1.165, 1.54) is 6.08 Å². The van der Waals surface area contributed by atoms with E-state index in [0.717, 1.165) is 22.3 Å². The van der Waals surface area contributed by atoms with E-state index in [-0.39, 0.29) is 29.1 Å². The topological polar surface area (TPSA) is 38.7 Å². The second-order valence-electron chi connectivity index (χ2n) is 15.2. The molecule has 0 aromatic heterocycles. The Morgan fingerprint density at radius 1 is 0.729 bits per heavy atom. The third kappa shape index (κ3) is 11.2. The third-order valence-electron chi connectivity index (χ3n) is 7.99. The summed E-state index contributed by atoms with van der Waals surface area (Å²) in [6, 6.07) is 14.0. The summed E-state index contributed by atoms with van der Waals surface area (Å²) in [5, 5.41) is 9.45. The monoisotopic (exact) mass is 716 g/mol. The molecular weight excluding hydrogens is 663 g/mol. The van der Waals surface area contributed by atoms with Crippen molar-refractivity contribution in [3.8, 4) is 0 Å². The maximum atomic E-state index is 13.1. The van der Waals surface area contributed by atoms with Crippen molar-refractivity contribution >= 4 is 23.7 Å². The average molecular weight is 717 g/mol. The Morgan fingerprint density at radius 2 is 1.21 bits per heavy atom. The Hall–Kier alpha value is -2.19. The smallest absolute Gasteiger partial charge is 0.413 e. The quantitative estimate of drug-likeness (QED) is 0.127. The highest BCUT2D eigenvalue weighted by atomic mass is 28.3. The van der Waals surface area contributed by atoms with E-state index in [9.17, 15) is 31.4 Å². The van der Waals surface area contributed by atoms with Crippen molar-refractivity contribution in [3.05, 3.63) is 88.5 Å². The Labute approximate surface area is 286 Å². The molecule has 0 saturated carbocycles. The van der Waals surface area contributed by atoms with E-state index >= 15 is 0 Å². The first kappa shape index (κ1) is 42.0. The number of halogens is 6. The van der Waals surface area contributed by atoms with Crippen LogP contribution < -0.4 is 0 Å². The first-order chi connectivity index (χ1) is 21.8. The van der Waals surface area contributed by atoms with Gasteiger partial charge in [-0.1, -0.05) is 103 Å². The molecule has 0 amide bonds. The van der Waals surface area contributed by atoms with Gasteiger partial charge < -0.3 is 14.0 Å². The maximum Gasteiger partial charge on any atom is 0.430 e. The van der Waals surface area contributed by atoms with Crippen LogP contribution in [-0.2, 0) is 21.7 Å². The number of aryl methyl sites for hydroxylation is 2. The lowest BCUT2D eigenvalue weighted by molar-refractivity contribution is -0.347. The normalized spacial score (nSPS) is 15.5. The number of benzene rings is 2. The molecule has 0 aliphatic carbocycles. The van der Waals surface area contributed by atoms with Crippen molar-refractivity contribution in [1.29, 1.82) is 0 Å². The zero-order chi connectivity index (χ0) is 36.9. The summed E-state index contributed by atoms with van der Waals surface area (Å²) < 4.78 is 92.0. The van der Waals surface area contributed by atoms with Gasteiger partial charge in [0.15, 0.2) is 18.1 Å². The van der Waals surface area contributed by atoms with Crippen LogP contribution in [0.5, 0.6) is 0 Å². The minimum Gasteiger partial charge on any atom is -0.413 e. The fourth-order valence-corrected chi connectivity index (χ4v) is 7.76. The fraction of sp³-hybridized carbons (Fsp3) is 0.568. The molecule has 270 valence electrons. The average Bonchev–Trinajstić information content (AvgIpc) is 2.93. The van der Waals surface area contributed by atoms with Gasteiger partial charge in [0.1, 0.15) is 0 Å². The van der Waals surface area contributed by atoms with E-state index in [4.69, 9.17) is 8.85 Å². The summed E-state index contributed by atoms with van der Waals surface area (Å²) in [5.41, 5.74) is 0.389. The van der Waals surface area contributed by atoms with Crippen LogP contribution in [0.25, 0.3) is 5.57 Å². The molecule has 0 radical (unpaired) electrons. The predicted octanol–water partition coefficient (Wildman–Crippen LogP) is 10.9. The van der Waals surface area contributed by atoms with Gasteiger partial charge in [-0.25, -0.2) is 0 Å². The lowest BCUT2D eigenvalue weighted by Crippen LogP contribution is -2.55. The molecule has 2 atom stereocenters. The van der Waals surface area contributed by atoms with Crippen LogP contribution in [0.1, 0.15) is 94.9 Å². The lowest BCUT2D eigenvalue weighted by atomic mass is 9.77. The Morgan fingerprint density at radius 3 is 1.65 bits per heavy atom. The zero-order valence-electron chi connectivity index (χ0n) is 30.2. The summed E-state index contributed by atoms with van der Waals surface area (Å²) in [6.45, 7) is 23.7. The van der Waals surface area contributed by atoms with Gasteiger partial charge in [0, 0.05) is 0 Å². The molecule has 2 unspecified atom stereocenters. The highest BCUT2D eigenvalue weighted by molar-refractivity contribution is 6.48. The van der Waals surface area contributed by atoms with Gasteiger partial charge in [-0.3, -0.25) is 0 Å². The molecule has 11 heteroatoms. The van der Waals surface area contributed by atoms with Gasteiger partial charge in [0.25, 0.3) is 5.60 Å². The fourth-order valence-electron chi connectivity index (χ4n) is 5.56. The Bertz CT molecular complexity index is 1390. The van der Waals surface area contributed by atoms with E-state index in [2.05, 4.69) is 85.9 Å². The molecule has 1 N–H and O–H groups in total. The van der Waals surface area contributed by atoms with Crippen LogP contribution in [-0.4, -0.2) is 41.1 Å². The van der Waals surface area contributed by atoms with Crippen molar-refractivity contribution in [2.45, 2.75) is 124 Å². The minimum absolute atomic E-state index is 0.0938. The van der Waals surface area contributed by atoms with Crippen LogP contribution in [0.2, 0.25) is 26.2 Å². The molecule has 0 aliphatic heterocycles. The highest BCUT2D eigenvalue weighted by Crippen LogP contribution is 2.46. The molecule has 0 saturated heterocycles. The van der Waals surface area contributed by atoms with Crippen molar-refractivity contribution < 1.29 is 40.3 Å². The van der Waals surface area contributed by atoms with Gasteiger partial charge in [-0.2, -0.15) is 26.3 Å². The molecule has 2 aromatic carbocycles. The number of allylic oxidation sites excluding steroid dienone is 3. The predicted molar refractivity (Wildman–Crippen MR) is 189 cm³/mol. The van der Waals surface area contributed by atoms with Gasteiger partial charge in [-0.05, 0) is 95.7 Å². The van der Waals surface area contributed by atoms with Crippen LogP contribution in [0.15, 0.2) is 60.7 Å². The van der Waals surface area contributed by atoms with E-state index in [1.807, 2.05) is 18.2 Å². The summed E-state index contributed by atoms with van der Waals surface area (Å²) >= 11 is 0. The van der Waals surface area contributed by atoms with Gasteiger partial charge in [0.05, 0.1) is 12.2 Å². The summed E-state index contributed by atoms with van der Waals surface area (Å²) in [7, 11) is -2.81. The second-order valence-corrected chi connectivity index (χ2v) is 19.9. The van der Waals surface area contributed by atoms with Crippen LogP contribution >= 0.6 is 0 Å². The molecule has 0 bridgehead atoms. The number of hydrogen-bond acceptors (Lipinski definition) is 3. The van der Waals surface area contributed by atoms with Crippen molar-refractivity contribution in [2.24, 2.45) is 10.8 Å². The van der Waals surface area contributed by atoms with Gasteiger partial charge >= 0.3 is 12.4 Å². The Kier molecular flexibility index (Phi) is 14.2. The number of hydrogen-bond donors (Lipinski definition) is 1. The van der Waals surface area contributed by atoms with Gasteiger partial charge in [0.2, 0.25) is 0 Å². The summed E-state index contributed by atoms with van der Waals surface area (Å²) in [6.07, 6.45) is -8.74. The molecule has 48 heavy (non-hydrogen) atoms. The second kappa shape index (κ2) is 16.2. The molecule has 0 fully saturated rings. The van der Waals surface area contributed by atoms with Crippen LogP contribution in [0.4, 0.5) is 26.3 Å². The van der Waals surface area contributed by atoms with Gasteiger partial charge in [-0.15, -0.1) is 0 Å². The molecule has 0 heterocycles. The Balaban J connectivity index is 2.50. The summed E-state index contributed by atoms with van der Waals surface area (Å²) in [4.78, 5) is 0. The van der Waals surface area contributed by atoms with E-state index < -0.39 is 36.0 Å². The standard InChI is InChI=1S/C37H54F6O3Si2/c1-12-27(17-14-22-35(44,36(38,39)40)37(41,42)43)28-16-13-15-25(23-28)18-19-26-20-21-29(31(33(2,3)4)45-47(8)9)30(24-26)32(34(5,6)7)46-48(10)11/h13-17,20-24,31-32,44,47-48H,12,18-19H2,1-11H3. The largest absolute Gasteiger partial charge is 0.430 e. The third-order valence-corrected chi connectivity index (χ3v) is 9.62. The molecule has 0 aliphatic rings. The minimum atomic E-state index is -5.91. The highest BCUT2D eigenvalue weighted by Gasteiger charge is 2.68. The molecule has 2 rings (SSSR count). The molecule has 3 nitrogen and oxygen atoms in total. The van der Waals surface area contributed by atoms with E-state index in [0.29, 0.717) is 36.5 Å². The SMILES string of the molecule is CCC(=CC=CC(O)(C(F)(F)F)C(F)(F)F)c1cccc(CCc2ccc(C(O[SiH](C)C)C(C)(C)C)c(C(O[SiH](C)C)C(C)(C)C)c2)c1. The summed E-state index contributed by atoms with van der Waals surface area (Å²) in [5.74, 6) is 0. The number of alkyl halides is 6.